The zero-order valence-corrected chi connectivity index (χ0v) is 20.0. The van der Waals surface area contributed by atoms with Crippen LogP contribution in [0.5, 0.6) is 5.75 Å². The van der Waals surface area contributed by atoms with E-state index >= 15 is 0 Å². The summed E-state index contributed by atoms with van der Waals surface area (Å²) in [5.74, 6) is -1.68. The highest BCUT2D eigenvalue weighted by Gasteiger charge is 2.39. The Morgan fingerprint density at radius 3 is 2.14 bits per heavy atom. The molecule has 0 aromatic heterocycles. The summed E-state index contributed by atoms with van der Waals surface area (Å²) in [6, 6.07) is 19.1. The molecule has 1 aliphatic heterocycles. The number of carbonyl (C=O) groups is 4. The fourth-order valence-corrected chi connectivity index (χ4v) is 3.68. The number of hydrogen-bond donors (Lipinski definition) is 2. The number of carbonyl (C=O) groups excluding carboxylic acids is 4. The summed E-state index contributed by atoms with van der Waals surface area (Å²) >= 11 is 6.18. The monoisotopic (exact) mass is 505 g/mol. The lowest BCUT2D eigenvalue weighted by molar-refractivity contribution is -0.120. The molecule has 0 unspecified atom stereocenters. The first-order valence-electron chi connectivity index (χ1n) is 10.6. The summed E-state index contributed by atoms with van der Waals surface area (Å²) in [5, 5.41) is 5.32. The predicted molar refractivity (Wildman–Crippen MR) is 134 cm³/mol. The zero-order valence-electron chi connectivity index (χ0n) is 19.2. The van der Waals surface area contributed by atoms with Crippen LogP contribution in [-0.2, 0) is 14.3 Å². The SMILES string of the molecule is COC(=O)c1cccc(N2C(=O)C(Cl)=C(Nc3ccc(C(=O)Nc4ccc(OC)cc4)cc3)C2=O)c1. The molecule has 1 heterocycles. The largest absolute Gasteiger partial charge is 0.497 e. The molecule has 0 spiro atoms. The van der Waals surface area contributed by atoms with Crippen LogP contribution in [0.15, 0.2) is 83.5 Å². The average molecular weight is 506 g/mol. The second kappa shape index (κ2) is 10.3. The summed E-state index contributed by atoms with van der Waals surface area (Å²) in [5.41, 5.74) is 1.65. The number of halogens is 1. The molecule has 3 amide bonds. The molecule has 0 saturated carbocycles. The van der Waals surface area contributed by atoms with E-state index in [4.69, 9.17) is 16.3 Å². The molecule has 1 aliphatic rings. The number of nitrogens with zero attached hydrogens (tertiary/aromatic N) is 1. The Labute approximate surface area is 211 Å². The van der Waals surface area contributed by atoms with Crippen LogP contribution in [0.1, 0.15) is 20.7 Å². The van der Waals surface area contributed by atoms with Gasteiger partial charge in [0.05, 0.1) is 25.5 Å². The van der Waals surface area contributed by atoms with Gasteiger partial charge in [0.15, 0.2) is 0 Å². The molecule has 0 radical (unpaired) electrons. The van der Waals surface area contributed by atoms with Gasteiger partial charge >= 0.3 is 5.97 Å². The zero-order chi connectivity index (χ0) is 25.8. The molecule has 3 aromatic carbocycles. The van der Waals surface area contributed by atoms with Gasteiger partial charge in [0, 0.05) is 16.9 Å². The second-order valence-corrected chi connectivity index (χ2v) is 7.94. The molecule has 10 heteroatoms. The highest BCUT2D eigenvalue weighted by molar-refractivity contribution is 6.53. The van der Waals surface area contributed by atoms with Gasteiger partial charge in [-0.05, 0) is 66.7 Å². The summed E-state index contributed by atoms with van der Waals surface area (Å²) in [6.07, 6.45) is 0. The summed E-state index contributed by atoms with van der Waals surface area (Å²) in [4.78, 5) is 51.0. The van der Waals surface area contributed by atoms with Crippen molar-refractivity contribution < 1.29 is 28.7 Å². The van der Waals surface area contributed by atoms with E-state index in [1.54, 1.807) is 55.6 Å². The number of nitrogens with one attached hydrogen (secondary N) is 2. The van der Waals surface area contributed by atoms with Crippen molar-refractivity contribution in [1.82, 2.24) is 0 Å². The Bertz CT molecular complexity index is 1380. The van der Waals surface area contributed by atoms with Crippen LogP contribution in [0.4, 0.5) is 17.1 Å². The van der Waals surface area contributed by atoms with Crippen LogP contribution in [0, 0.1) is 0 Å². The lowest BCUT2D eigenvalue weighted by Gasteiger charge is -2.16. The number of esters is 1. The van der Waals surface area contributed by atoms with Gasteiger partial charge in [0.25, 0.3) is 17.7 Å². The molecule has 36 heavy (non-hydrogen) atoms. The summed E-state index contributed by atoms with van der Waals surface area (Å²) in [6.45, 7) is 0. The second-order valence-electron chi connectivity index (χ2n) is 7.56. The maximum atomic E-state index is 13.0. The molecule has 0 fully saturated rings. The first-order valence-corrected chi connectivity index (χ1v) is 11.0. The Morgan fingerprint density at radius 2 is 1.50 bits per heavy atom. The molecule has 2 N–H and O–H groups in total. The highest BCUT2D eigenvalue weighted by atomic mass is 35.5. The predicted octanol–water partition coefficient (Wildman–Crippen LogP) is 4.17. The van der Waals surface area contributed by atoms with Crippen molar-refractivity contribution in [2.75, 3.05) is 29.8 Å². The minimum Gasteiger partial charge on any atom is -0.497 e. The van der Waals surface area contributed by atoms with Crippen molar-refractivity contribution in [2.24, 2.45) is 0 Å². The van der Waals surface area contributed by atoms with Crippen LogP contribution in [-0.4, -0.2) is 37.9 Å². The molecule has 0 aliphatic carbocycles. The molecule has 4 rings (SSSR count). The number of benzene rings is 3. The number of anilines is 3. The van der Waals surface area contributed by atoms with E-state index in [1.165, 1.54) is 31.4 Å². The quantitative estimate of drug-likeness (QED) is 0.366. The first-order chi connectivity index (χ1) is 17.3. The number of amides is 3. The van der Waals surface area contributed by atoms with E-state index in [0.717, 1.165) is 4.90 Å². The molecular weight excluding hydrogens is 486 g/mol. The van der Waals surface area contributed by atoms with Gasteiger partial charge in [-0.3, -0.25) is 14.4 Å². The number of methoxy groups -OCH3 is 2. The third-order valence-corrected chi connectivity index (χ3v) is 5.67. The smallest absolute Gasteiger partial charge is 0.337 e. The van der Waals surface area contributed by atoms with E-state index in [0.29, 0.717) is 22.7 Å². The van der Waals surface area contributed by atoms with E-state index in [9.17, 15) is 19.2 Å². The van der Waals surface area contributed by atoms with Gasteiger partial charge < -0.3 is 20.1 Å². The molecule has 0 bridgehead atoms. The summed E-state index contributed by atoms with van der Waals surface area (Å²) in [7, 11) is 2.79. The standard InChI is InChI=1S/C26H20ClN3O6/c1-35-20-12-10-18(11-13-20)29-23(31)15-6-8-17(9-7-15)28-22-21(27)24(32)30(25(22)33)19-5-3-4-16(14-19)26(34)36-2/h3-14,28H,1-2H3,(H,29,31). The number of rotatable bonds is 7. The van der Waals surface area contributed by atoms with Gasteiger partial charge in [-0.1, -0.05) is 17.7 Å². The maximum Gasteiger partial charge on any atom is 0.337 e. The summed E-state index contributed by atoms with van der Waals surface area (Å²) < 4.78 is 9.79. The van der Waals surface area contributed by atoms with E-state index in [1.807, 2.05) is 0 Å². The lowest BCUT2D eigenvalue weighted by atomic mass is 10.1. The van der Waals surface area contributed by atoms with Crippen molar-refractivity contribution in [2.45, 2.75) is 0 Å². The van der Waals surface area contributed by atoms with Gasteiger partial charge in [-0.25, -0.2) is 9.69 Å². The van der Waals surface area contributed by atoms with Gasteiger partial charge in [-0.15, -0.1) is 0 Å². The normalized spacial score (nSPS) is 13.0. The average Bonchev–Trinajstić information content (AvgIpc) is 3.11. The van der Waals surface area contributed by atoms with Gasteiger partial charge in [0.2, 0.25) is 0 Å². The van der Waals surface area contributed by atoms with E-state index in [2.05, 4.69) is 15.4 Å². The van der Waals surface area contributed by atoms with Crippen LogP contribution in [0.2, 0.25) is 0 Å². The Kier molecular flexibility index (Phi) is 7.03. The minimum atomic E-state index is -0.735. The topological polar surface area (TPSA) is 114 Å². The third kappa shape index (κ3) is 4.91. The van der Waals surface area contributed by atoms with Crippen molar-refractivity contribution in [3.8, 4) is 5.75 Å². The molecule has 9 nitrogen and oxygen atoms in total. The van der Waals surface area contributed by atoms with Crippen LogP contribution in [0.3, 0.4) is 0 Å². The van der Waals surface area contributed by atoms with Crippen LogP contribution >= 0.6 is 11.6 Å². The molecule has 0 saturated heterocycles. The van der Waals surface area contributed by atoms with Gasteiger partial charge in [0.1, 0.15) is 16.5 Å². The van der Waals surface area contributed by atoms with Crippen molar-refractivity contribution in [3.63, 3.8) is 0 Å². The number of hydrogen-bond acceptors (Lipinski definition) is 7. The Balaban J connectivity index is 1.47. The Morgan fingerprint density at radius 1 is 0.833 bits per heavy atom. The number of imide groups is 1. The van der Waals surface area contributed by atoms with Crippen LogP contribution < -0.4 is 20.3 Å². The fourth-order valence-electron chi connectivity index (χ4n) is 3.46. The third-order valence-electron chi connectivity index (χ3n) is 5.32. The molecule has 3 aromatic rings. The van der Waals surface area contributed by atoms with E-state index in [-0.39, 0.29) is 27.9 Å². The Hall–Kier alpha value is -4.63. The van der Waals surface area contributed by atoms with Crippen molar-refractivity contribution in [1.29, 1.82) is 0 Å². The van der Waals surface area contributed by atoms with E-state index < -0.39 is 17.8 Å². The lowest BCUT2D eigenvalue weighted by Crippen LogP contribution is -2.32. The first kappa shape index (κ1) is 24.5. The molecular formula is C26H20ClN3O6. The van der Waals surface area contributed by atoms with Crippen LogP contribution in [0.25, 0.3) is 0 Å². The van der Waals surface area contributed by atoms with Crippen molar-refractivity contribution in [3.05, 3.63) is 94.7 Å². The minimum absolute atomic E-state index is 0.124. The van der Waals surface area contributed by atoms with Crippen molar-refractivity contribution >= 4 is 52.4 Å². The fraction of sp³-hybridized carbons (Fsp3) is 0.0769. The number of ether oxygens (including phenoxy) is 2. The van der Waals surface area contributed by atoms with Gasteiger partial charge in [-0.2, -0.15) is 0 Å². The molecule has 0 atom stereocenters. The molecule has 182 valence electrons. The maximum absolute atomic E-state index is 13.0. The highest BCUT2D eigenvalue weighted by Crippen LogP contribution is 2.30.